The second-order valence-electron chi connectivity index (χ2n) is 8.60. The van der Waals surface area contributed by atoms with E-state index in [1.165, 1.54) is 6.92 Å². The molecule has 1 aliphatic heterocycles. The van der Waals surface area contributed by atoms with Gasteiger partial charge in [-0.3, -0.25) is 4.55 Å². The molecule has 6 atom stereocenters. The van der Waals surface area contributed by atoms with Crippen molar-refractivity contribution in [2.45, 2.75) is 49.4 Å². The van der Waals surface area contributed by atoms with Crippen molar-refractivity contribution in [1.29, 1.82) is 0 Å². The lowest BCUT2D eigenvalue weighted by molar-refractivity contribution is -0.210. The van der Waals surface area contributed by atoms with E-state index in [1.807, 2.05) is 45.2 Å². The van der Waals surface area contributed by atoms with E-state index in [0.29, 0.717) is 12.7 Å². The average molecular weight is 732 g/mol. The third-order valence-corrected chi connectivity index (χ3v) is 9.36. The van der Waals surface area contributed by atoms with Crippen molar-refractivity contribution in [3.63, 3.8) is 0 Å². The summed E-state index contributed by atoms with van der Waals surface area (Å²) in [6.45, 7) is 5.02. The van der Waals surface area contributed by atoms with Gasteiger partial charge in [-0.25, -0.2) is 4.79 Å². The van der Waals surface area contributed by atoms with E-state index < -0.39 is 69.9 Å². The summed E-state index contributed by atoms with van der Waals surface area (Å²) in [5, 5.41) is -5.63. The van der Waals surface area contributed by atoms with Crippen molar-refractivity contribution in [1.82, 2.24) is 0 Å². The molecule has 7 nitrogen and oxygen atoms in total. The summed E-state index contributed by atoms with van der Waals surface area (Å²) in [6, 6.07) is 3.31. The Bertz CT molecular complexity index is 1160. The van der Waals surface area contributed by atoms with Gasteiger partial charge in [0.2, 0.25) is 0 Å². The molecule has 2 saturated carbocycles. The summed E-state index contributed by atoms with van der Waals surface area (Å²) in [4.78, 5) is 12.0. The van der Waals surface area contributed by atoms with E-state index >= 15 is 0 Å². The molecule has 3 aliphatic rings. The van der Waals surface area contributed by atoms with Gasteiger partial charge in [-0.15, -0.1) is 0 Å². The van der Waals surface area contributed by atoms with Crippen LogP contribution in [0.1, 0.15) is 31.6 Å². The Morgan fingerprint density at radius 2 is 1.79 bits per heavy atom. The summed E-state index contributed by atoms with van der Waals surface area (Å²) < 4.78 is 106. The van der Waals surface area contributed by atoms with Crippen molar-refractivity contribution < 1.29 is 49.5 Å². The maximum absolute atomic E-state index is 14.6. The summed E-state index contributed by atoms with van der Waals surface area (Å²) >= 11 is 3.91. The quantitative estimate of drug-likeness (QED) is 0.111. The van der Waals surface area contributed by atoms with Crippen LogP contribution in [0.3, 0.4) is 0 Å². The fourth-order valence-corrected chi connectivity index (χ4v) is 7.30. The van der Waals surface area contributed by atoms with E-state index in [9.17, 15) is 30.8 Å². The van der Waals surface area contributed by atoms with Crippen LogP contribution in [0.2, 0.25) is 0 Å². The largest absolute Gasteiger partial charge is 0.431 e. The molecule has 1 aromatic rings. The van der Waals surface area contributed by atoms with Gasteiger partial charge in [-0.05, 0) is 82.8 Å². The molecule has 0 spiro atoms. The van der Waals surface area contributed by atoms with Crippen LogP contribution >= 0.6 is 45.2 Å². The highest BCUT2D eigenvalue weighted by Gasteiger charge is 2.74. The predicted octanol–water partition coefficient (Wildman–Crippen LogP) is 4.93. The average Bonchev–Trinajstić information content (AvgIpc) is 3.41. The van der Waals surface area contributed by atoms with Crippen molar-refractivity contribution in [3.05, 3.63) is 37.0 Å². The molecule has 2 bridgehead atoms. The van der Waals surface area contributed by atoms with Gasteiger partial charge in [-0.2, -0.15) is 26.0 Å². The van der Waals surface area contributed by atoms with E-state index in [-0.39, 0.29) is 17.7 Å². The van der Waals surface area contributed by atoms with Crippen LogP contribution in [-0.4, -0.2) is 42.3 Å². The van der Waals surface area contributed by atoms with Gasteiger partial charge in [0.15, 0.2) is 12.0 Å². The predicted molar refractivity (Wildman–Crippen MR) is 126 cm³/mol. The lowest BCUT2D eigenvalue weighted by Crippen LogP contribution is -2.55. The highest BCUT2D eigenvalue weighted by molar-refractivity contribution is 14.1. The fraction of sp³-hybridized carbons (Fsp3) is 0.550. The Morgan fingerprint density at radius 1 is 1.18 bits per heavy atom. The highest BCUT2D eigenvalue weighted by atomic mass is 127. The molecule has 0 aromatic heterocycles. The minimum atomic E-state index is -6.33. The number of rotatable bonds is 6. The van der Waals surface area contributed by atoms with Crippen LogP contribution in [0.15, 0.2) is 24.3 Å². The van der Waals surface area contributed by atoms with E-state index in [1.54, 1.807) is 12.1 Å². The molecule has 0 radical (unpaired) electrons. The van der Waals surface area contributed by atoms with Crippen molar-refractivity contribution >= 4 is 61.3 Å². The number of hydrogen-bond donors (Lipinski definition) is 1. The van der Waals surface area contributed by atoms with Gasteiger partial charge in [0, 0.05) is 17.1 Å². The maximum atomic E-state index is 14.6. The molecule has 1 N–H and O–H groups in total. The Kier molecular flexibility index (Phi) is 6.84. The molecular formula is C20H18F4I2O7S. The third kappa shape index (κ3) is 4.09. The number of esters is 1. The molecule has 188 valence electrons. The summed E-state index contributed by atoms with van der Waals surface area (Å²) in [5.41, 5.74) is 0.649. The second-order valence-corrected chi connectivity index (χ2v) is 12.3. The standard InChI is InChI=1S/C20H18F4I2O7S/c1-7(2)17(27)31-16-12(25)4-3-9(13(16)26)18-32-14-8-5-10(15(14)33-18)11(6-8)19(21,22)20(23,24)34(28,29)30/h3-4,8,10-11,14-15,18H,1,5-6H2,2H3,(H,28,29,30). The lowest BCUT2D eigenvalue weighted by Gasteiger charge is -2.36. The first-order valence-corrected chi connectivity index (χ1v) is 13.6. The molecule has 3 fully saturated rings. The normalized spacial score (nSPS) is 30.9. The molecular weight excluding hydrogens is 714 g/mol. The zero-order valence-electron chi connectivity index (χ0n) is 17.3. The van der Waals surface area contributed by atoms with E-state index in [0.717, 1.165) is 0 Å². The molecule has 1 saturated heterocycles. The molecule has 2 aliphatic carbocycles. The molecule has 34 heavy (non-hydrogen) atoms. The Balaban J connectivity index is 1.58. The minimum absolute atomic E-state index is 0.106. The fourth-order valence-electron chi connectivity index (χ4n) is 4.89. The van der Waals surface area contributed by atoms with Crippen molar-refractivity contribution in [2.24, 2.45) is 17.8 Å². The van der Waals surface area contributed by atoms with Crippen molar-refractivity contribution in [3.8, 4) is 5.75 Å². The number of hydrogen-bond acceptors (Lipinski definition) is 6. The Morgan fingerprint density at radius 3 is 2.38 bits per heavy atom. The second kappa shape index (κ2) is 8.78. The first-order valence-electron chi connectivity index (χ1n) is 9.97. The first kappa shape index (κ1) is 26.5. The monoisotopic (exact) mass is 732 g/mol. The molecule has 0 amide bonds. The van der Waals surface area contributed by atoms with Crippen LogP contribution in [-0.2, 0) is 24.4 Å². The summed E-state index contributed by atoms with van der Waals surface area (Å²) in [5.74, 6) is -9.04. The van der Waals surface area contributed by atoms with Crippen LogP contribution in [0, 0.1) is 24.9 Å². The van der Waals surface area contributed by atoms with Gasteiger partial charge < -0.3 is 14.2 Å². The highest BCUT2D eigenvalue weighted by Crippen LogP contribution is 2.62. The van der Waals surface area contributed by atoms with Crippen LogP contribution in [0.25, 0.3) is 0 Å². The van der Waals surface area contributed by atoms with Gasteiger partial charge >= 0.3 is 27.3 Å². The first-order chi connectivity index (χ1) is 15.6. The number of benzene rings is 1. The van der Waals surface area contributed by atoms with Crippen molar-refractivity contribution in [2.75, 3.05) is 0 Å². The number of alkyl halides is 4. The molecule has 14 heteroatoms. The SMILES string of the molecule is C=C(C)C(=O)Oc1c(I)ccc(C2OC3C4CC(C3O2)C(C(F)(F)C(F)(F)S(=O)(=O)O)C4)c1I. The number of ether oxygens (including phenoxy) is 3. The van der Waals surface area contributed by atoms with Crippen LogP contribution in [0.4, 0.5) is 17.6 Å². The topological polar surface area (TPSA) is 99.1 Å². The smallest absolute Gasteiger partial charge is 0.421 e. The Hall–Kier alpha value is -0.560. The van der Waals surface area contributed by atoms with Gasteiger partial charge in [0.05, 0.1) is 19.3 Å². The van der Waals surface area contributed by atoms with Gasteiger partial charge in [-0.1, -0.05) is 12.6 Å². The summed E-state index contributed by atoms with van der Waals surface area (Å²) in [6.07, 6.45) is -2.92. The minimum Gasteiger partial charge on any atom is -0.421 e. The lowest BCUT2D eigenvalue weighted by atomic mass is 9.81. The van der Waals surface area contributed by atoms with E-state index in [2.05, 4.69) is 6.58 Å². The molecule has 6 unspecified atom stereocenters. The van der Waals surface area contributed by atoms with Gasteiger partial charge in [0.25, 0.3) is 0 Å². The number of fused-ring (bicyclic) bond motifs is 5. The summed E-state index contributed by atoms with van der Waals surface area (Å²) in [7, 11) is -6.33. The van der Waals surface area contributed by atoms with Crippen LogP contribution in [0.5, 0.6) is 5.75 Å². The number of carbonyl (C=O) groups excluding carboxylic acids is 1. The Labute approximate surface area is 219 Å². The third-order valence-electron chi connectivity index (χ3n) is 6.47. The number of carbonyl (C=O) groups is 1. The van der Waals surface area contributed by atoms with Crippen LogP contribution < -0.4 is 4.74 Å². The zero-order chi connectivity index (χ0) is 25.4. The van der Waals surface area contributed by atoms with E-state index in [4.69, 9.17) is 18.8 Å². The molecule has 1 aromatic carbocycles. The zero-order valence-corrected chi connectivity index (χ0v) is 22.4. The molecule has 4 rings (SSSR count). The van der Waals surface area contributed by atoms with Gasteiger partial charge in [0.1, 0.15) is 0 Å². The maximum Gasteiger partial charge on any atom is 0.431 e. The molecule has 1 heterocycles. The number of halogens is 6.